The van der Waals surface area contributed by atoms with Crippen molar-refractivity contribution in [3.05, 3.63) is 54.6 Å². The lowest BCUT2D eigenvalue weighted by Gasteiger charge is -1.87. The number of hydrogen-bond donors (Lipinski definition) is 1. The first-order valence-corrected chi connectivity index (χ1v) is 4.23. The van der Waals surface area contributed by atoms with E-state index >= 15 is 0 Å². The second-order valence-corrected chi connectivity index (χ2v) is 2.49. The minimum absolute atomic E-state index is 0.898. The summed E-state index contributed by atoms with van der Waals surface area (Å²) >= 11 is 0. The van der Waals surface area contributed by atoms with Crippen molar-refractivity contribution in [3.63, 3.8) is 0 Å². The Morgan fingerprint density at radius 1 is 1.36 bits per heavy atom. The third-order valence-corrected chi connectivity index (χ3v) is 1.22. The molecule has 1 aromatic carbocycles. The number of hydrogen-bond acceptors (Lipinski definition) is 1. The average molecular weight is 190 g/mol. The van der Waals surface area contributed by atoms with E-state index in [1.807, 2.05) is 37.3 Å². The van der Waals surface area contributed by atoms with Crippen molar-refractivity contribution >= 4 is 12.0 Å². The van der Waals surface area contributed by atoms with Crippen LogP contribution in [0.5, 0.6) is 0 Å². The van der Waals surface area contributed by atoms with Crippen LogP contribution in [0.15, 0.2) is 49.1 Å². The van der Waals surface area contributed by atoms with Gasteiger partial charge in [0.15, 0.2) is 0 Å². The molecular weight excluding hydrogens is 176 g/mol. The van der Waals surface area contributed by atoms with Crippen LogP contribution in [0, 0.1) is 0 Å². The maximum atomic E-state index is 10.1. The lowest BCUT2D eigenvalue weighted by atomic mass is 10.2. The maximum Gasteiger partial charge on any atom is 0.328 e. The first-order chi connectivity index (χ1) is 6.70. The Hall–Kier alpha value is -1.83. The van der Waals surface area contributed by atoms with Gasteiger partial charge in [-0.3, -0.25) is 0 Å². The summed E-state index contributed by atoms with van der Waals surface area (Å²) in [7, 11) is 0. The van der Waals surface area contributed by atoms with Crippen molar-refractivity contribution in [2.75, 3.05) is 0 Å². The highest BCUT2D eigenvalue weighted by Crippen LogP contribution is 1.99. The number of benzene rings is 1. The van der Waals surface area contributed by atoms with Gasteiger partial charge in [0.25, 0.3) is 0 Å². The van der Waals surface area contributed by atoms with Crippen LogP contribution in [0.2, 0.25) is 0 Å². The van der Waals surface area contributed by atoms with Gasteiger partial charge in [0.05, 0.1) is 0 Å². The first kappa shape index (κ1) is 12.2. The Labute approximate surface area is 84.2 Å². The molecule has 2 heteroatoms. The molecule has 0 aromatic heterocycles. The van der Waals surface area contributed by atoms with E-state index in [1.165, 1.54) is 0 Å². The fourth-order valence-corrected chi connectivity index (χ4v) is 0.732. The van der Waals surface area contributed by atoms with Gasteiger partial charge in [-0.15, -0.1) is 6.58 Å². The van der Waals surface area contributed by atoms with Gasteiger partial charge in [-0.1, -0.05) is 36.4 Å². The topological polar surface area (TPSA) is 37.3 Å². The number of carboxylic acids is 1. The number of carbonyl (C=O) groups is 1. The molecule has 74 valence electrons. The van der Waals surface area contributed by atoms with Crippen molar-refractivity contribution in [3.8, 4) is 0 Å². The van der Waals surface area contributed by atoms with Crippen molar-refractivity contribution < 1.29 is 9.90 Å². The molecule has 0 aliphatic rings. The number of aliphatic carboxylic acids is 1. The Morgan fingerprint density at radius 2 is 1.86 bits per heavy atom. The summed E-state index contributed by atoms with van der Waals surface area (Å²) in [6.07, 6.45) is 4.43. The molecule has 0 fully saturated rings. The average Bonchev–Trinajstić information content (AvgIpc) is 2.18. The van der Waals surface area contributed by atoms with Gasteiger partial charge in [0.1, 0.15) is 0 Å². The van der Waals surface area contributed by atoms with Crippen LogP contribution < -0.4 is 0 Å². The van der Waals surface area contributed by atoms with Gasteiger partial charge in [-0.25, -0.2) is 4.79 Å². The van der Waals surface area contributed by atoms with Crippen molar-refractivity contribution in [2.45, 2.75) is 6.92 Å². The van der Waals surface area contributed by atoms with Gasteiger partial charge < -0.3 is 5.11 Å². The standard InChI is InChI=1S/C9H8O2.C3H6/c10-9(11)7-6-8-4-2-1-3-5-8;1-3-2/h1-7H,(H,10,11);3H,1H2,2H3. The summed E-state index contributed by atoms with van der Waals surface area (Å²) in [6.45, 7) is 5.25. The van der Waals surface area contributed by atoms with E-state index in [4.69, 9.17) is 5.11 Å². The normalized spacial score (nSPS) is 8.93. The highest BCUT2D eigenvalue weighted by atomic mass is 16.4. The molecule has 0 aliphatic carbocycles. The quantitative estimate of drug-likeness (QED) is 0.575. The molecule has 2 nitrogen and oxygen atoms in total. The second-order valence-electron chi connectivity index (χ2n) is 2.49. The SMILES string of the molecule is C=CC.O=C(O)C=Cc1ccccc1. The predicted octanol–water partition coefficient (Wildman–Crippen LogP) is 2.98. The largest absolute Gasteiger partial charge is 0.478 e. The molecule has 0 saturated carbocycles. The number of allylic oxidation sites excluding steroid dienone is 1. The molecule has 0 amide bonds. The van der Waals surface area contributed by atoms with Crippen LogP contribution in [-0.4, -0.2) is 11.1 Å². The molecule has 0 spiro atoms. The maximum absolute atomic E-state index is 10.1. The van der Waals surface area contributed by atoms with E-state index in [0.29, 0.717) is 0 Å². The van der Waals surface area contributed by atoms with Crippen LogP contribution in [0.3, 0.4) is 0 Å². The molecule has 0 heterocycles. The van der Waals surface area contributed by atoms with Gasteiger partial charge >= 0.3 is 5.97 Å². The molecule has 0 atom stereocenters. The zero-order chi connectivity index (χ0) is 10.8. The summed E-state index contributed by atoms with van der Waals surface area (Å²) in [5, 5.41) is 8.29. The van der Waals surface area contributed by atoms with Crippen molar-refractivity contribution in [1.29, 1.82) is 0 Å². The number of carboxylic acid groups (broad SMARTS) is 1. The minimum Gasteiger partial charge on any atom is -0.478 e. The lowest BCUT2D eigenvalue weighted by Crippen LogP contribution is -1.85. The third kappa shape index (κ3) is 6.85. The summed E-state index contributed by atoms with van der Waals surface area (Å²) in [5.41, 5.74) is 0.898. The molecule has 0 unspecified atom stereocenters. The third-order valence-electron chi connectivity index (χ3n) is 1.22. The van der Waals surface area contributed by atoms with Crippen molar-refractivity contribution in [2.24, 2.45) is 0 Å². The van der Waals surface area contributed by atoms with Gasteiger partial charge in [-0.2, -0.15) is 0 Å². The van der Waals surface area contributed by atoms with Crippen LogP contribution in [0.4, 0.5) is 0 Å². The zero-order valence-electron chi connectivity index (χ0n) is 8.18. The minimum atomic E-state index is -0.922. The van der Waals surface area contributed by atoms with Crippen LogP contribution in [-0.2, 0) is 4.79 Å². The van der Waals surface area contributed by atoms with Crippen LogP contribution in [0.25, 0.3) is 6.08 Å². The molecule has 0 radical (unpaired) electrons. The second kappa shape index (κ2) is 7.80. The fourth-order valence-electron chi connectivity index (χ4n) is 0.732. The number of rotatable bonds is 2. The molecule has 0 aliphatic heterocycles. The first-order valence-electron chi connectivity index (χ1n) is 4.23. The van der Waals surface area contributed by atoms with Gasteiger partial charge in [0, 0.05) is 6.08 Å². The predicted molar refractivity (Wildman–Crippen MR) is 59.0 cm³/mol. The molecule has 14 heavy (non-hydrogen) atoms. The summed E-state index contributed by atoms with van der Waals surface area (Å²) in [6, 6.07) is 9.31. The van der Waals surface area contributed by atoms with E-state index < -0.39 is 5.97 Å². The highest BCUT2D eigenvalue weighted by molar-refractivity contribution is 5.85. The molecule has 0 saturated heterocycles. The molecular formula is C12H14O2. The van der Waals surface area contributed by atoms with Crippen LogP contribution in [0.1, 0.15) is 12.5 Å². The smallest absolute Gasteiger partial charge is 0.328 e. The summed E-state index contributed by atoms with van der Waals surface area (Å²) in [5.74, 6) is -0.922. The van der Waals surface area contributed by atoms with Crippen molar-refractivity contribution in [1.82, 2.24) is 0 Å². The molecule has 0 bridgehead atoms. The fraction of sp³-hybridized carbons (Fsp3) is 0.0833. The Morgan fingerprint density at radius 3 is 2.29 bits per heavy atom. The van der Waals surface area contributed by atoms with Gasteiger partial charge in [0.2, 0.25) is 0 Å². The van der Waals surface area contributed by atoms with Gasteiger partial charge in [-0.05, 0) is 18.6 Å². The van der Waals surface area contributed by atoms with E-state index in [0.717, 1.165) is 11.6 Å². The van der Waals surface area contributed by atoms with E-state index in [9.17, 15) is 4.79 Å². The Kier molecular flexibility index (Phi) is 6.78. The molecule has 1 aromatic rings. The molecule has 1 rings (SSSR count). The molecule has 1 N–H and O–H groups in total. The monoisotopic (exact) mass is 190 g/mol. The summed E-state index contributed by atoms with van der Waals surface area (Å²) < 4.78 is 0. The van der Waals surface area contributed by atoms with E-state index in [1.54, 1.807) is 12.2 Å². The Balaban J connectivity index is 0.000000500. The van der Waals surface area contributed by atoms with E-state index in [2.05, 4.69) is 6.58 Å². The highest BCUT2D eigenvalue weighted by Gasteiger charge is 1.85. The van der Waals surface area contributed by atoms with Crippen LogP contribution >= 0.6 is 0 Å². The zero-order valence-corrected chi connectivity index (χ0v) is 8.18. The Bertz CT molecular complexity index is 299. The van der Waals surface area contributed by atoms with E-state index in [-0.39, 0.29) is 0 Å². The summed E-state index contributed by atoms with van der Waals surface area (Å²) in [4.78, 5) is 10.1. The lowest BCUT2D eigenvalue weighted by molar-refractivity contribution is -0.131.